The lowest BCUT2D eigenvalue weighted by Gasteiger charge is -2.47. The average molecular weight is 457 g/mol. The topological polar surface area (TPSA) is 178 Å². The van der Waals surface area contributed by atoms with Crippen molar-refractivity contribution in [2.75, 3.05) is 0 Å². The summed E-state index contributed by atoms with van der Waals surface area (Å²) in [6.07, 6.45) is 1.81. The molecule has 7 N–H and O–H groups in total. The molecule has 0 spiro atoms. The van der Waals surface area contributed by atoms with E-state index in [1.54, 1.807) is 6.07 Å². The summed E-state index contributed by atoms with van der Waals surface area (Å²) in [5.41, 5.74) is 2.75. The van der Waals surface area contributed by atoms with Crippen LogP contribution in [0.5, 0.6) is 5.75 Å². The number of aryl methyl sites for hydroxylation is 1. The summed E-state index contributed by atoms with van der Waals surface area (Å²) in [6.45, 7) is 2.08. The summed E-state index contributed by atoms with van der Waals surface area (Å²) in [4.78, 5) is 37.6. The lowest BCUT2D eigenvalue weighted by atomic mass is 9.58. The second-order valence-electron chi connectivity index (χ2n) is 9.05. The number of phenols is 1. The van der Waals surface area contributed by atoms with E-state index in [-0.39, 0.29) is 29.7 Å². The van der Waals surface area contributed by atoms with Gasteiger partial charge in [-0.05, 0) is 48.8 Å². The van der Waals surface area contributed by atoms with Gasteiger partial charge in [0.2, 0.25) is 11.6 Å². The number of hydrogen-bond donors (Lipinski definition) is 6. The summed E-state index contributed by atoms with van der Waals surface area (Å²) >= 11 is 0. The summed E-state index contributed by atoms with van der Waals surface area (Å²) in [5.74, 6) is -7.75. The van der Waals surface area contributed by atoms with Crippen LogP contribution in [0.25, 0.3) is 5.76 Å². The number of Topliss-reactive ketones (excluding diaryl/α,β-unsaturated/α-hetero) is 2. The molecule has 0 saturated heterocycles. The van der Waals surface area contributed by atoms with E-state index in [4.69, 9.17) is 5.73 Å². The molecule has 1 fully saturated rings. The Kier molecular flexibility index (Phi) is 5.58. The van der Waals surface area contributed by atoms with Crippen LogP contribution in [0.2, 0.25) is 0 Å². The summed E-state index contributed by atoms with van der Waals surface area (Å²) in [5, 5.41) is 53.9. The van der Waals surface area contributed by atoms with Crippen LogP contribution in [0.3, 0.4) is 0 Å². The number of amides is 1. The van der Waals surface area contributed by atoms with Crippen LogP contribution < -0.4 is 5.73 Å². The average Bonchev–Trinajstić information content (AvgIpc) is 2.76. The molecule has 9 nitrogen and oxygen atoms in total. The first-order valence-corrected chi connectivity index (χ1v) is 11.1. The largest absolute Gasteiger partial charge is 0.508 e. The number of aromatic hydroxyl groups is 1. The number of ketones is 2. The molecule has 0 aliphatic heterocycles. The molecule has 0 bridgehead atoms. The first-order chi connectivity index (χ1) is 15.5. The van der Waals surface area contributed by atoms with E-state index in [0.29, 0.717) is 12.0 Å². The monoisotopic (exact) mass is 457 g/mol. The highest BCUT2D eigenvalue weighted by atomic mass is 16.4. The standard InChI is InChI=1S/C24H27NO8/c1-2-3-4-5-10-6-7-14(26)16-12(10)8-11-9-13-18(27)20(29)17(23(25)32)22(31)24(13,33)21(30)15(11)19(16)28/h6-7,11,13,18,26-28,31,33H,2-5,8-9H2,1H3,(H2,25,32)/t11-,13?,18-,24-/m0/s1. The van der Waals surface area contributed by atoms with E-state index >= 15 is 0 Å². The van der Waals surface area contributed by atoms with E-state index < -0.39 is 58.1 Å². The van der Waals surface area contributed by atoms with E-state index in [2.05, 4.69) is 6.92 Å². The molecular weight excluding hydrogens is 430 g/mol. The van der Waals surface area contributed by atoms with Crippen molar-refractivity contribution in [2.45, 2.75) is 57.2 Å². The predicted octanol–water partition coefficient (Wildman–Crippen LogP) is 1.13. The van der Waals surface area contributed by atoms with E-state index in [0.717, 1.165) is 24.8 Å². The van der Waals surface area contributed by atoms with Gasteiger partial charge in [0.25, 0.3) is 5.91 Å². The van der Waals surface area contributed by atoms with Gasteiger partial charge >= 0.3 is 0 Å². The fraction of sp³-hybridized carbons (Fsp3) is 0.458. The molecule has 1 unspecified atom stereocenters. The quantitative estimate of drug-likeness (QED) is 0.281. The van der Waals surface area contributed by atoms with Crippen LogP contribution in [0.1, 0.15) is 49.3 Å². The predicted molar refractivity (Wildman–Crippen MR) is 116 cm³/mol. The van der Waals surface area contributed by atoms with Crippen molar-refractivity contribution in [3.63, 3.8) is 0 Å². The first-order valence-electron chi connectivity index (χ1n) is 11.1. The van der Waals surface area contributed by atoms with Crippen molar-refractivity contribution in [1.29, 1.82) is 0 Å². The van der Waals surface area contributed by atoms with Gasteiger partial charge in [0.15, 0.2) is 5.60 Å². The smallest absolute Gasteiger partial charge is 0.255 e. The maximum Gasteiger partial charge on any atom is 0.255 e. The molecule has 0 radical (unpaired) electrons. The molecule has 0 heterocycles. The number of rotatable bonds is 5. The van der Waals surface area contributed by atoms with Crippen molar-refractivity contribution < 1.29 is 39.9 Å². The van der Waals surface area contributed by atoms with Crippen LogP contribution in [0, 0.1) is 11.8 Å². The number of fused-ring (bicyclic) bond motifs is 3. The Morgan fingerprint density at radius 2 is 1.88 bits per heavy atom. The highest BCUT2D eigenvalue weighted by Gasteiger charge is 2.63. The van der Waals surface area contributed by atoms with Gasteiger partial charge in [0, 0.05) is 11.5 Å². The van der Waals surface area contributed by atoms with Gasteiger partial charge in [-0.15, -0.1) is 0 Å². The Morgan fingerprint density at radius 1 is 1.18 bits per heavy atom. The number of carbonyl (C=O) groups excluding carboxylic acids is 3. The first kappa shape index (κ1) is 23.0. The Morgan fingerprint density at radius 3 is 2.52 bits per heavy atom. The Hall–Kier alpha value is -3.17. The number of aliphatic hydroxyl groups excluding tert-OH is 3. The van der Waals surface area contributed by atoms with Crippen molar-refractivity contribution in [3.8, 4) is 5.75 Å². The third-order valence-electron chi connectivity index (χ3n) is 7.19. The highest BCUT2D eigenvalue weighted by molar-refractivity contribution is 6.24. The normalized spacial score (nSPS) is 29.0. The molecule has 1 saturated carbocycles. The number of carbonyl (C=O) groups is 3. The fourth-order valence-electron chi connectivity index (χ4n) is 5.51. The zero-order valence-electron chi connectivity index (χ0n) is 18.2. The number of phenolic OH excluding ortho intramolecular Hbond substituents is 1. The SMILES string of the molecule is CCCCCc1ccc(O)c2c1C[C@H]1CC3[C@H](O)C(=O)C(C(N)=O)=C(O)[C@@]3(O)C(=O)C1=C2O. The summed E-state index contributed by atoms with van der Waals surface area (Å²) in [7, 11) is 0. The van der Waals surface area contributed by atoms with Gasteiger partial charge in [0.05, 0.1) is 5.56 Å². The Labute approximate surface area is 189 Å². The number of benzene rings is 1. The number of unbranched alkanes of at least 4 members (excludes halogenated alkanes) is 2. The molecule has 9 heteroatoms. The van der Waals surface area contributed by atoms with Gasteiger partial charge in [-0.2, -0.15) is 0 Å². The zero-order valence-corrected chi connectivity index (χ0v) is 18.2. The summed E-state index contributed by atoms with van der Waals surface area (Å²) in [6, 6.07) is 3.21. The van der Waals surface area contributed by atoms with Crippen LogP contribution in [-0.4, -0.2) is 54.7 Å². The maximum atomic E-state index is 13.5. The van der Waals surface area contributed by atoms with E-state index in [9.17, 15) is 39.9 Å². The molecule has 1 amide bonds. The molecular formula is C24H27NO8. The van der Waals surface area contributed by atoms with Crippen molar-refractivity contribution >= 4 is 23.2 Å². The fourth-order valence-corrected chi connectivity index (χ4v) is 5.51. The van der Waals surface area contributed by atoms with Crippen LogP contribution >= 0.6 is 0 Å². The minimum Gasteiger partial charge on any atom is -0.508 e. The number of hydrogen-bond acceptors (Lipinski definition) is 8. The molecule has 1 aromatic rings. The van der Waals surface area contributed by atoms with Gasteiger partial charge in [-0.1, -0.05) is 25.8 Å². The van der Waals surface area contributed by atoms with Gasteiger partial charge < -0.3 is 31.3 Å². The van der Waals surface area contributed by atoms with Crippen molar-refractivity contribution in [1.82, 2.24) is 0 Å². The van der Waals surface area contributed by atoms with E-state index in [1.165, 1.54) is 6.07 Å². The second-order valence-corrected chi connectivity index (χ2v) is 9.05. The maximum absolute atomic E-state index is 13.5. The third-order valence-corrected chi connectivity index (χ3v) is 7.19. The van der Waals surface area contributed by atoms with Gasteiger partial charge in [-0.3, -0.25) is 14.4 Å². The van der Waals surface area contributed by atoms with Gasteiger partial charge in [-0.25, -0.2) is 0 Å². The molecule has 33 heavy (non-hydrogen) atoms. The van der Waals surface area contributed by atoms with Crippen LogP contribution in [0.15, 0.2) is 29.0 Å². The molecule has 4 rings (SSSR count). The molecule has 3 aliphatic rings. The highest BCUT2D eigenvalue weighted by Crippen LogP contribution is 2.52. The Balaban J connectivity index is 1.88. The number of primary amides is 1. The zero-order chi connectivity index (χ0) is 24.2. The van der Waals surface area contributed by atoms with Crippen molar-refractivity contribution in [2.24, 2.45) is 17.6 Å². The minimum atomic E-state index is -2.80. The summed E-state index contributed by atoms with van der Waals surface area (Å²) < 4.78 is 0. The lowest BCUT2D eigenvalue weighted by molar-refractivity contribution is -0.159. The third kappa shape index (κ3) is 3.18. The van der Waals surface area contributed by atoms with E-state index in [1.807, 2.05) is 0 Å². The molecule has 1 aromatic carbocycles. The molecule has 4 atom stereocenters. The Bertz CT molecular complexity index is 1130. The lowest BCUT2D eigenvalue weighted by Crippen LogP contribution is -2.63. The van der Waals surface area contributed by atoms with Crippen LogP contribution in [0.4, 0.5) is 0 Å². The number of nitrogens with two attached hydrogens (primary N) is 1. The minimum absolute atomic E-state index is 0.0941. The van der Waals surface area contributed by atoms with Crippen LogP contribution in [-0.2, 0) is 27.2 Å². The van der Waals surface area contributed by atoms with Gasteiger partial charge in [0.1, 0.15) is 28.9 Å². The second kappa shape index (κ2) is 8.00. The molecule has 3 aliphatic carbocycles. The molecule has 0 aromatic heterocycles. The molecule has 176 valence electrons. The van der Waals surface area contributed by atoms with Crippen molar-refractivity contribution in [3.05, 3.63) is 45.7 Å². The number of aliphatic hydroxyl groups is 4.